The predicted molar refractivity (Wildman–Crippen MR) is 60.6 cm³/mol. The van der Waals surface area contributed by atoms with E-state index in [0.29, 0.717) is 0 Å². The van der Waals surface area contributed by atoms with Gasteiger partial charge < -0.3 is 4.74 Å². The number of halogens is 4. The Labute approximate surface area is 109 Å². The Balaban J connectivity index is 3.35. The van der Waals surface area contributed by atoms with Gasteiger partial charge in [-0.15, -0.1) is 13.2 Å². The highest BCUT2D eigenvalue weighted by Gasteiger charge is 2.34. The number of ketones is 1. The summed E-state index contributed by atoms with van der Waals surface area (Å²) in [6.07, 6.45) is -4.92. The molecule has 0 amide bonds. The molecule has 1 aromatic rings. The molecule has 0 saturated carbocycles. The van der Waals surface area contributed by atoms with Gasteiger partial charge in [-0.25, -0.2) is 0 Å². The van der Waals surface area contributed by atoms with Crippen LogP contribution in [0.15, 0.2) is 18.2 Å². The molecule has 0 saturated heterocycles. The van der Waals surface area contributed by atoms with E-state index in [9.17, 15) is 18.0 Å². The fraction of sp³-hybridized carbons (Fsp3) is 0.273. The largest absolute Gasteiger partial charge is 0.573 e. The molecule has 1 atom stereocenters. The van der Waals surface area contributed by atoms with Gasteiger partial charge in [-0.2, -0.15) is 5.26 Å². The van der Waals surface area contributed by atoms with Gasteiger partial charge in [-0.3, -0.25) is 4.79 Å². The third-order valence-electron chi connectivity index (χ3n) is 1.98. The zero-order valence-electron chi connectivity index (χ0n) is 9.08. The topological polar surface area (TPSA) is 50.1 Å². The molecule has 18 heavy (non-hydrogen) atoms. The normalized spacial score (nSPS) is 12.7. The van der Waals surface area contributed by atoms with Crippen molar-refractivity contribution < 1.29 is 22.7 Å². The van der Waals surface area contributed by atoms with Crippen molar-refractivity contribution in [2.45, 2.75) is 18.1 Å². The molecule has 0 spiro atoms. The Kier molecular flexibility index (Phi) is 4.35. The van der Waals surface area contributed by atoms with Crippen LogP contribution in [0, 0.1) is 11.3 Å². The smallest absolute Gasteiger partial charge is 0.405 e. The van der Waals surface area contributed by atoms with Crippen molar-refractivity contribution in [3.05, 3.63) is 29.3 Å². The van der Waals surface area contributed by atoms with Crippen molar-refractivity contribution in [3.8, 4) is 11.8 Å². The Morgan fingerprint density at radius 2 is 2.11 bits per heavy atom. The summed E-state index contributed by atoms with van der Waals surface area (Å²) in [5.74, 6) is -1.32. The molecule has 0 aliphatic heterocycles. The van der Waals surface area contributed by atoms with E-state index in [-0.39, 0.29) is 11.1 Å². The first kappa shape index (κ1) is 14.5. The van der Waals surface area contributed by atoms with Crippen LogP contribution in [0.25, 0.3) is 0 Å². The number of Topliss-reactive ketones (excluding diaryl/α,β-unsaturated/α-hetero) is 1. The van der Waals surface area contributed by atoms with Crippen LogP contribution < -0.4 is 4.74 Å². The van der Waals surface area contributed by atoms with E-state index in [1.807, 2.05) is 0 Å². The van der Waals surface area contributed by atoms with Gasteiger partial charge in [-0.05, 0) is 19.1 Å². The highest BCUT2D eigenvalue weighted by molar-refractivity contribution is 9.10. The van der Waals surface area contributed by atoms with E-state index in [2.05, 4.69) is 20.7 Å². The molecule has 0 fully saturated rings. The van der Waals surface area contributed by atoms with Gasteiger partial charge in [0, 0.05) is 0 Å². The van der Waals surface area contributed by atoms with Crippen molar-refractivity contribution in [2.75, 3.05) is 0 Å². The van der Waals surface area contributed by atoms with Crippen LogP contribution >= 0.6 is 15.9 Å². The number of benzene rings is 1. The molecular weight excluding hydrogens is 315 g/mol. The van der Waals surface area contributed by atoms with E-state index >= 15 is 0 Å². The number of nitrogens with zero attached hydrogens (tertiary/aromatic N) is 1. The minimum absolute atomic E-state index is 0.159. The number of rotatable bonds is 3. The van der Waals surface area contributed by atoms with Crippen LogP contribution in [0.5, 0.6) is 5.75 Å². The van der Waals surface area contributed by atoms with Gasteiger partial charge >= 0.3 is 6.36 Å². The van der Waals surface area contributed by atoms with Gasteiger partial charge in [0.05, 0.1) is 16.0 Å². The lowest BCUT2D eigenvalue weighted by molar-refractivity contribution is -0.274. The van der Waals surface area contributed by atoms with Gasteiger partial charge in [0.2, 0.25) is 0 Å². The van der Waals surface area contributed by atoms with Gasteiger partial charge in [0.15, 0.2) is 5.78 Å². The number of nitriles is 1. The maximum Gasteiger partial charge on any atom is 0.573 e. The van der Waals surface area contributed by atoms with Gasteiger partial charge in [-0.1, -0.05) is 22.0 Å². The quantitative estimate of drug-likeness (QED) is 0.633. The summed E-state index contributed by atoms with van der Waals surface area (Å²) < 4.78 is 40.3. The molecule has 0 bridgehead atoms. The lowest BCUT2D eigenvalue weighted by Gasteiger charge is -2.14. The molecule has 1 unspecified atom stereocenters. The SMILES string of the molecule is CC(Br)C(=O)c1c(C#N)cccc1OC(F)(F)F. The van der Waals surface area contributed by atoms with Crippen molar-refractivity contribution in [1.29, 1.82) is 5.26 Å². The first-order chi connectivity index (χ1) is 8.26. The molecule has 7 heteroatoms. The van der Waals surface area contributed by atoms with Crippen LogP contribution in [0.2, 0.25) is 0 Å². The molecule has 0 N–H and O–H groups in total. The van der Waals surface area contributed by atoms with Crippen molar-refractivity contribution >= 4 is 21.7 Å². The molecular formula is C11H7BrF3NO2. The average molecular weight is 322 g/mol. The standard InChI is InChI=1S/C11H7BrF3NO2/c1-6(12)10(17)9-7(5-16)3-2-4-8(9)18-11(13,14)15/h2-4,6H,1H3. The minimum Gasteiger partial charge on any atom is -0.405 e. The summed E-state index contributed by atoms with van der Waals surface area (Å²) in [7, 11) is 0. The van der Waals surface area contributed by atoms with E-state index in [0.717, 1.165) is 6.07 Å². The van der Waals surface area contributed by atoms with E-state index < -0.39 is 22.7 Å². The monoisotopic (exact) mass is 321 g/mol. The maximum atomic E-state index is 12.2. The Bertz CT molecular complexity index is 506. The maximum absolute atomic E-state index is 12.2. The number of carbonyl (C=O) groups excluding carboxylic acids is 1. The first-order valence-electron chi connectivity index (χ1n) is 4.73. The van der Waals surface area contributed by atoms with Crippen molar-refractivity contribution in [3.63, 3.8) is 0 Å². The zero-order valence-corrected chi connectivity index (χ0v) is 10.7. The van der Waals surface area contributed by atoms with E-state index in [1.165, 1.54) is 19.1 Å². The van der Waals surface area contributed by atoms with Gasteiger partial charge in [0.25, 0.3) is 0 Å². The summed E-state index contributed by atoms with van der Waals surface area (Å²) in [6.45, 7) is 1.45. The minimum atomic E-state index is -4.92. The number of ether oxygens (including phenoxy) is 1. The zero-order chi connectivity index (χ0) is 13.9. The van der Waals surface area contributed by atoms with E-state index in [4.69, 9.17) is 5.26 Å². The van der Waals surface area contributed by atoms with Crippen molar-refractivity contribution in [2.24, 2.45) is 0 Å². The van der Waals surface area contributed by atoms with Crippen LogP contribution in [-0.2, 0) is 0 Å². The number of hydrogen-bond donors (Lipinski definition) is 0. The van der Waals surface area contributed by atoms with Crippen LogP contribution in [0.1, 0.15) is 22.8 Å². The molecule has 0 aliphatic rings. The van der Waals surface area contributed by atoms with E-state index in [1.54, 1.807) is 6.07 Å². The summed E-state index contributed by atoms with van der Waals surface area (Å²) in [5.41, 5.74) is -0.533. The summed E-state index contributed by atoms with van der Waals surface area (Å²) in [6, 6.07) is 5.14. The second kappa shape index (κ2) is 5.40. The fourth-order valence-corrected chi connectivity index (χ4v) is 1.52. The predicted octanol–water partition coefficient (Wildman–Crippen LogP) is 3.42. The average Bonchev–Trinajstić information content (AvgIpc) is 2.25. The van der Waals surface area contributed by atoms with Crippen LogP contribution in [0.4, 0.5) is 13.2 Å². The molecule has 1 aromatic carbocycles. The Hall–Kier alpha value is -1.55. The van der Waals surface area contributed by atoms with Gasteiger partial charge in [0.1, 0.15) is 11.8 Å². The molecule has 0 aromatic heterocycles. The highest BCUT2D eigenvalue weighted by Crippen LogP contribution is 2.30. The molecule has 1 rings (SSSR count). The second-order valence-corrected chi connectivity index (χ2v) is 4.69. The highest BCUT2D eigenvalue weighted by atomic mass is 79.9. The third kappa shape index (κ3) is 3.47. The molecule has 3 nitrogen and oxygen atoms in total. The van der Waals surface area contributed by atoms with Crippen LogP contribution in [-0.4, -0.2) is 17.0 Å². The molecule has 0 heterocycles. The van der Waals surface area contributed by atoms with Crippen LogP contribution in [0.3, 0.4) is 0 Å². The molecule has 0 aliphatic carbocycles. The molecule has 0 radical (unpaired) electrons. The fourth-order valence-electron chi connectivity index (χ4n) is 1.29. The number of carbonyl (C=O) groups is 1. The second-order valence-electron chi connectivity index (χ2n) is 3.32. The summed E-state index contributed by atoms with van der Waals surface area (Å²) >= 11 is 2.96. The molecule has 96 valence electrons. The number of hydrogen-bond acceptors (Lipinski definition) is 3. The summed E-state index contributed by atoms with van der Waals surface area (Å²) in [4.78, 5) is 11.1. The third-order valence-corrected chi connectivity index (χ3v) is 2.40. The number of alkyl halides is 4. The first-order valence-corrected chi connectivity index (χ1v) is 5.65. The lowest BCUT2D eigenvalue weighted by atomic mass is 10.0. The Morgan fingerprint density at radius 3 is 2.56 bits per heavy atom. The Morgan fingerprint density at radius 1 is 1.50 bits per heavy atom. The summed E-state index contributed by atoms with van der Waals surface area (Å²) in [5, 5.41) is 8.82. The lowest BCUT2D eigenvalue weighted by Crippen LogP contribution is -2.21. The van der Waals surface area contributed by atoms with Crippen molar-refractivity contribution in [1.82, 2.24) is 0 Å².